The molecule has 248 valence electrons. The number of carbonyl (C=O) groups excluding carboxylic acids is 3. The topological polar surface area (TPSA) is 112 Å². The van der Waals surface area contributed by atoms with Crippen molar-refractivity contribution >= 4 is 17.3 Å². The fraction of sp³-hybridized carbons (Fsp3) is 0.475. The van der Waals surface area contributed by atoms with E-state index in [0.717, 1.165) is 24.0 Å². The van der Waals surface area contributed by atoms with Crippen LogP contribution in [-0.2, 0) is 21.0 Å². The van der Waals surface area contributed by atoms with Gasteiger partial charge in [-0.3, -0.25) is 14.4 Å². The Morgan fingerprint density at radius 2 is 1.02 bits per heavy atom. The second-order valence-corrected chi connectivity index (χ2v) is 15.7. The molecule has 0 aliphatic heterocycles. The smallest absolute Gasteiger partial charge is 0.193 e. The normalized spacial score (nSPS) is 20.0. The van der Waals surface area contributed by atoms with Crippen LogP contribution in [0.25, 0.3) is 0 Å². The third-order valence-electron chi connectivity index (χ3n) is 9.43. The third kappa shape index (κ3) is 7.91. The largest absolute Gasteiger partial charge is 0.383 e. The van der Waals surface area contributed by atoms with E-state index in [4.69, 9.17) is 5.11 Å². The first-order valence-electron chi connectivity index (χ1n) is 15.9. The van der Waals surface area contributed by atoms with Gasteiger partial charge in [-0.1, -0.05) is 100 Å². The number of ketones is 3. The number of hydrogen-bond acceptors (Lipinski definition) is 6. The Kier molecular flexibility index (Phi) is 10.2. The highest BCUT2D eigenvalue weighted by Gasteiger charge is 2.50. The summed E-state index contributed by atoms with van der Waals surface area (Å²) in [6.07, 6.45) is 1.82. The van der Waals surface area contributed by atoms with Crippen molar-refractivity contribution in [3.63, 3.8) is 0 Å². The fourth-order valence-electron chi connectivity index (χ4n) is 6.72. The molecular formula is C40H52O6. The van der Waals surface area contributed by atoms with Crippen LogP contribution in [-0.4, -0.2) is 49.5 Å². The van der Waals surface area contributed by atoms with Gasteiger partial charge in [-0.25, -0.2) is 0 Å². The molecule has 3 aromatic carbocycles. The molecule has 3 aromatic rings. The molecule has 0 saturated heterocycles. The Bertz CT molecular complexity index is 1570. The average Bonchev–Trinajstić information content (AvgIpc) is 3.17. The van der Waals surface area contributed by atoms with Gasteiger partial charge in [0, 0.05) is 16.5 Å². The lowest BCUT2D eigenvalue weighted by molar-refractivity contribution is -0.131. The van der Waals surface area contributed by atoms with Gasteiger partial charge in [-0.05, 0) is 94.4 Å². The van der Waals surface area contributed by atoms with Crippen molar-refractivity contribution in [2.24, 2.45) is 0 Å². The SMILES string of the molecule is CC(=O)C(C)(C)O.CC(C)(O)C(=O)c1ccc(C(C)(C)CC2(C)CC(C)(c3ccc(C(=O)C(C)(C)O)cc3)c3ccccc32)cc1. The molecule has 0 fully saturated rings. The number of hydrogen-bond donors (Lipinski definition) is 3. The maximum Gasteiger partial charge on any atom is 0.193 e. The van der Waals surface area contributed by atoms with Crippen molar-refractivity contribution in [3.8, 4) is 0 Å². The summed E-state index contributed by atoms with van der Waals surface area (Å²) in [5.74, 6) is -0.769. The van der Waals surface area contributed by atoms with Gasteiger partial charge in [-0.2, -0.15) is 0 Å². The summed E-state index contributed by atoms with van der Waals surface area (Å²) in [4.78, 5) is 35.3. The van der Waals surface area contributed by atoms with E-state index in [2.05, 4.69) is 52.0 Å². The Balaban J connectivity index is 0.000000738. The molecule has 3 N–H and O–H groups in total. The number of carbonyl (C=O) groups is 3. The molecule has 6 nitrogen and oxygen atoms in total. The highest BCUT2D eigenvalue weighted by molar-refractivity contribution is 6.02. The van der Waals surface area contributed by atoms with E-state index in [-0.39, 0.29) is 33.6 Å². The molecule has 1 aliphatic carbocycles. The van der Waals surface area contributed by atoms with Crippen molar-refractivity contribution in [1.29, 1.82) is 0 Å². The fourth-order valence-corrected chi connectivity index (χ4v) is 6.72. The molecular weight excluding hydrogens is 576 g/mol. The van der Waals surface area contributed by atoms with E-state index in [1.165, 1.54) is 59.6 Å². The van der Waals surface area contributed by atoms with Gasteiger partial charge in [0.15, 0.2) is 17.3 Å². The highest BCUT2D eigenvalue weighted by Crippen LogP contribution is 2.56. The van der Waals surface area contributed by atoms with Crippen LogP contribution >= 0.6 is 0 Å². The second kappa shape index (κ2) is 12.6. The Hall–Kier alpha value is -3.45. The van der Waals surface area contributed by atoms with Crippen LogP contribution in [0.1, 0.15) is 132 Å². The zero-order chi connectivity index (χ0) is 35.1. The van der Waals surface area contributed by atoms with Gasteiger partial charge in [-0.15, -0.1) is 0 Å². The van der Waals surface area contributed by atoms with Crippen molar-refractivity contribution in [2.75, 3.05) is 0 Å². The second-order valence-electron chi connectivity index (χ2n) is 15.7. The van der Waals surface area contributed by atoms with Crippen LogP contribution in [0.4, 0.5) is 0 Å². The first-order chi connectivity index (χ1) is 20.8. The van der Waals surface area contributed by atoms with E-state index in [1.807, 2.05) is 48.5 Å². The lowest BCUT2D eigenvalue weighted by atomic mass is 9.66. The number of fused-ring (bicyclic) bond motifs is 1. The molecule has 0 saturated carbocycles. The molecule has 0 bridgehead atoms. The molecule has 4 rings (SSSR count). The van der Waals surface area contributed by atoms with Gasteiger partial charge in [0.25, 0.3) is 0 Å². The molecule has 0 amide bonds. The molecule has 1 aliphatic rings. The van der Waals surface area contributed by atoms with E-state index in [1.54, 1.807) is 0 Å². The Labute approximate surface area is 274 Å². The van der Waals surface area contributed by atoms with E-state index in [9.17, 15) is 24.6 Å². The van der Waals surface area contributed by atoms with Gasteiger partial charge < -0.3 is 15.3 Å². The molecule has 0 radical (unpaired) electrons. The lowest BCUT2D eigenvalue weighted by Crippen LogP contribution is -2.33. The van der Waals surface area contributed by atoms with E-state index >= 15 is 0 Å². The maximum atomic E-state index is 12.6. The molecule has 2 atom stereocenters. The molecule has 2 unspecified atom stereocenters. The van der Waals surface area contributed by atoms with E-state index in [0.29, 0.717) is 11.1 Å². The first-order valence-corrected chi connectivity index (χ1v) is 15.9. The summed E-state index contributed by atoms with van der Waals surface area (Å²) in [5.41, 5.74) is 1.50. The van der Waals surface area contributed by atoms with Crippen LogP contribution in [0.5, 0.6) is 0 Å². The number of benzene rings is 3. The summed E-state index contributed by atoms with van der Waals surface area (Å²) >= 11 is 0. The lowest BCUT2D eigenvalue weighted by Gasteiger charge is -2.38. The minimum atomic E-state index is -1.41. The Morgan fingerprint density at radius 1 is 0.630 bits per heavy atom. The van der Waals surface area contributed by atoms with E-state index < -0.39 is 16.8 Å². The Morgan fingerprint density at radius 3 is 1.41 bits per heavy atom. The quantitative estimate of drug-likeness (QED) is 0.215. The van der Waals surface area contributed by atoms with Crippen molar-refractivity contribution in [3.05, 3.63) is 106 Å². The third-order valence-corrected chi connectivity index (χ3v) is 9.43. The van der Waals surface area contributed by atoms with Gasteiger partial charge in [0.1, 0.15) is 16.8 Å². The summed E-state index contributed by atoms with van der Waals surface area (Å²) < 4.78 is 0. The summed E-state index contributed by atoms with van der Waals surface area (Å²) in [5, 5.41) is 29.0. The number of aliphatic hydroxyl groups is 3. The predicted octanol–water partition coefficient (Wildman–Crippen LogP) is 7.28. The van der Waals surface area contributed by atoms with Gasteiger partial charge in [0.05, 0.1) is 0 Å². The minimum Gasteiger partial charge on any atom is -0.383 e. The van der Waals surface area contributed by atoms with Crippen LogP contribution in [0.3, 0.4) is 0 Å². The predicted molar refractivity (Wildman–Crippen MR) is 184 cm³/mol. The van der Waals surface area contributed by atoms with Crippen molar-refractivity contribution in [2.45, 2.75) is 122 Å². The molecule has 0 aromatic heterocycles. The molecule has 46 heavy (non-hydrogen) atoms. The summed E-state index contributed by atoms with van der Waals surface area (Å²) in [6.45, 7) is 19.5. The van der Waals surface area contributed by atoms with Crippen LogP contribution in [0.15, 0.2) is 72.8 Å². The van der Waals surface area contributed by atoms with Gasteiger partial charge >= 0.3 is 0 Å². The van der Waals surface area contributed by atoms with Crippen LogP contribution in [0.2, 0.25) is 0 Å². The molecule has 6 heteroatoms. The molecule has 0 spiro atoms. The van der Waals surface area contributed by atoms with Gasteiger partial charge in [0.2, 0.25) is 0 Å². The summed E-state index contributed by atoms with van der Waals surface area (Å²) in [6, 6.07) is 24.1. The van der Waals surface area contributed by atoms with Crippen LogP contribution in [0, 0.1) is 0 Å². The van der Waals surface area contributed by atoms with Crippen molar-refractivity contribution in [1.82, 2.24) is 0 Å². The van der Waals surface area contributed by atoms with Crippen LogP contribution < -0.4 is 0 Å². The zero-order valence-corrected chi connectivity index (χ0v) is 29.4. The summed E-state index contributed by atoms with van der Waals surface area (Å²) in [7, 11) is 0. The molecule has 0 heterocycles. The highest BCUT2D eigenvalue weighted by atomic mass is 16.3. The number of Topliss-reactive ketones (excluding diaryl/α,β-unsaturated/α-hetero) is 3. The minimum absolute atomic E-state index is 0.113. The zero-order valence-electron chi connectivity index (χ0n) is 29.4. The first kappa shape index (κ1) is 37.0. The maximum absolute atomic E-state index is 12.6. The standard InChI is InChI=1S/C35H42O4.C5H10O2/c1-31(2,25-17-13-23(14-18-25)29(36)32(3,4)38)21-34(7)22-35(8,28-12-10-9-11-27(28)34)26-19-15-24(16-20-26)30(37)33(5,6)39;1-4(6)5(2,3)7/h9-20,38-39H,21-22H2,1-8H3;7H,1-3H3. The average molecular weight is 629 g/mol. The number of rotatable bonds is 9. The monoisotopic (exact) mass is 628 g/mol. The van der Waals surface area contributed by atoms with Crippen molar-refractivity contribution < 1.29 is 29.7 Å².